The maximum absolute atomic E-state index is 12.3. The number of hydrogen-bond acceptors (Lipinski definition) is 3. The van der Waals surface area contributed by atoms with Crippen molar-refractivity contribution in [1.29, 1.82) is 0 Å². The summed E-state index contributed by atoms with van der Waals surface area (Å²) in [4.78, 5) is 26.1. The quantitative estimate of drug-likeness (QED) is 0.836. The molecule has 1 heterocycles. The molecule has 2 aromatic rings. The minimum Gasteiger partial charge on any atom is -0.374 e. The molecule has 2 aromatic carbocycles. The van der Waals surface area contributed by atoms with E-state index < -0.39 is 0 Å². The van der Waals surface area contributed by atoms with E-state index in [4.69, 9.17) is 0 Å². The van der Waals surface area contributed by atoms with Crippen LogP contribution in [-0.2, 0) is 15.0 Å². The number of para-hydroxylation sites is 2. The molecule has 142 valence electrons. The zero-order chi connectivity index (χ0) is 19.4. The molecule has 0 atom stereocenters. The zero-order valence-corrected chi connectivity index (χ0v) is 16.2. The van der Waals surface area contributed by atoms with Gasteiger partial charge in [-0.25, -0.2) is 0 Å². The summed E-state index contributed by atoms with van der Waals surface area (Å²) in [5.74, 6) is 0.00806. The van der Waals surface area contributed by atoms with Crippen LogP contribution in [0.2, 0.25) is 0 Å². The van der Waals surface area contributed by atoms with E-state index >= 15 is 0 Å². The Bertz CT molecular complexity index is 822. The smallest absolute Gasteiger partial charge is 0.243 e. The largest absolute Gasteiger partial charge is 0.374 e. The van der Waals surface area contributed by atoms with Crippen molar-refractivity contribution in [3.05, 3.63) is 54.1 Å². The van der Waals surface area contributed by atoms with Crippen LogP contribution in [-0.4, -0.2) is 24.9 Å². The summed E-state index contributed by atoms with van der Waals surface area (Å²) in [5, 5.41) is 6.07. The fourth-order valence-corrected chi connectivity index (χ4v) is 3.20. The third kappa shape index (κ3) is 4.67. The lowest BCUT2D eigenvalue weighted by molar-refractivity contribution is -0.117. The van der Waals surface area contributed by atoms with E-state index in [9.17, 15) is 9.59 Å². The molecule has 2 amide bonds. The number of anilines is 3. The van der Waals surface area contributed by atoms with Crippen molar-refractivity contribution in [1.82, 2.24) is 0 Å². The molecule has 1 aliphatic rings. The number of amides is 2. The molecule has 2 N–H and O–H groups in total. The molecular formula is C22H27N3O2. The fraction of sp³-hybridized carbons (Fsp3) is 0.364. The van der Waals surface area contributed by atoms with Crippen LogP contribution in [0.5, 0.6) is 0 Å². The molecule has 0 saturated carbocycles. The van der Waals surface area contributed by atoms with Crippen molar-refractivity contribution in [3.63, 3.8) is 0 Å². The summed E-state index contributed by atoms with van der Waals surface area (Å²) in [7, 11) is 0. The van der Waals surface area contributed by atoms with E-state index in [0.29, 0.717) is 6.42 Å². The van der Waals surface area contributed by atoms with Crippen molar-refractivity contribution < 1.29 is 9.59 Å². The number of nitrogens with one attached hydrogen (secondary N) is 2. The van der Waals surface area contributed by atoms with Gasteiger partial charge in [-0.15, -0.1) is 0 Å². The molecule has 0 aromatic heterocycles. The predicted octanol–water partition coefficient (Wildman–Crippen LogP) is 4.16. The lowest BCUT2D eigenvalue weighted by Crippen LogP contribution is -2.26. The lowest BCUT2D eigenvalue weighted by Gasteiger charge is -2.20. The Hall–Kier alpha value is -2.82. The topological polar surface area (TPSA) is 61.4 Å². The normalized spacial score (nSPS) is 14.3. The molecule has 1 fully saturated rings. The molecule has 5 nitrogen and oxygen atoms in total. The minimum absolute atomic E-state index is 0.0841. The molecule has 0 bridgehead atoms. The van der Waals surface area contributed by atoms with E-state index in [1.54, 1.807) is 4.90 Å². The van der Waals surface area contributed by atoms with Crippen molar-refractivity contribution >= 4 is 28.9 Å². The fourth-order valence-electron chi connectivity index (χ4n) is 3.20. The summed E-state index contributed by atoms with van der Waals surface area (Å²) < 4.78 is 0. The first-order chi connectivity index (χ1) is 12.8. The van der Waals surface area contributed by atoms with E-state index in [1.807, 2.05) is 48.5 Å². The molecular weight excluding hydrogens is 338 g/mol. The molecule has 5 heteroatoms. The van der Waals surface area contributed by atoms with Crippen LogP contribution in [0.25, 0.3) is 0 Å². The lowest BCUT2D eigenvalue weighted by atomic mass is 9.87. The van der Waals surface area contributed by atoms with Gasteiger partial charge in [-0.05, 0) is 41.7 Å². The van der Waals surface area contributed by atoms with Gasteiger partial charge in [-0.1, -0.05) is 45.0 Å². The van der Waals surface area contributed by atoms with Gasteiger partial charge < -0.3 is 15.5 Å². The van der Waals surface area contributed by atoms with Gasteiger partial charge in [0.05, 0.1) is 17.9 Å². The van der Waals surface area contributed by atoms with Gasteiger partial charge in [0, 0.05) is 18.7 Å². The van der Waals surface area contributed by atoms with Crippen LogP contribution in [0, 0.1) is 0 Å². The van der Waals surface area contributed by atoms with Gasteiger partial charge in [-0.2, -0.15) is 0 Å². The third-order valence-electron chi connectivity index (χ3n) is 4.74. The standard InChI is InChI=1S/C22H27N3O2/c1-22(2,3)16-10-12-17(13-11-16)24-20(26)15-23-18-7-4-5-8-19(18)25-14-6-9-21(25)27/h4-5,7-8,10-13,23H,6,9,14-15H2,1-3H3,(H,24,26). The van der Waals surface area contributed by atoms with E-state index in [-0.39, 0.29) is 23.8 Å². The second-order valence-corrected chi connectivity index (χ2v) is 7.90. The molecule has 1 aliphatic heterocycles. The van der Waals surface area contributed by atoms with Crippen molar-refractivity contribution in [3.8, 4) is 0 Å². The number of carbonyl (C=O) groups is 2. The Balaban J connectivity index is 1.61. The monoisotopic (exact) mass is 365 g/mol. The summed E-state index contributed by atoms with van der Waals surface area (Å²) in [6.45, 7) is 7.34. The van der Waals surface area contributed by atoms with Crippen LogP contribution >= 0.6 is 0 Å². The maximum atomic E-state index is 12.3. The van der Waals surface area contributed by atoms with Crippen LogP contribution in [0.3, 0.4) is 0 Å². The number of carbonyl (C=O) groups excluding carboxylic acids is 2. The van der Waals surface area contributed by atoms with Crippen molar-refractivity contribution in [2.75, 3.05) is 28.6 Å². The average Bonchev–Trinajstić information content (AvgIpc) is 3.06. The van der Waals surface area contributed by atoms with Gasteiger partial charge >= 0.3 is 0 Å². The van der Waals surface area contributed by atoms with E-state index in [1.165, 1.54) is 5.56 Å². The molecule has 27 heavy (non-hydrogen) atoms. The predicted molar refractivity (Wildman–Crippen MR) is 110 cm³/mol. The first kappa shape index (κ1) is 19.0. The highest BCUT2D eigenvalue weighted by atomic mass is 16.2. The molecule has 0 aliphatic carbocycles. The second kappa shape index (κ2) is 7.82. The van der Waals surface area contributed by atoms with Crippen molar-refractivity contribution in [2.24, 2.45) is 0 Å². The highest BCUT2D eigenvalue weighted by molar-refractivity contribution is 5.99. The number of nitrogens with zero attached hydrogens (tertiary/aromatic N) is 1. The summed E-state index contributed by atoms with van der Waals surface area (Å²) in [6, 6.07) is 15.5. The second-order valence-electron chi connectivity index (χ2n) is 7.90. The van der Waals surface area contributed by atoms with Gasteiger partial charge in [0.1, 0.15) is 0 Å². The van der Waals surface area contributed by atoms with E-state index in [0.717, 1.165) is 30.0 Å². The third-order valence-corrected chi connectivity index (χ3v) is 4.74. The minimum atomic E-state index is -0.124. The van der Waals surface area contributed by atoms with E-state index in [2.05, 4.69) is 31.4 Å². The van der Waals surface area contributed by atoms with Crippen molar-refractivity contribution in [2.45, 2.75) is 39.0 Å². The molecule has 0 radical (unpaired) electrons. The maximum Gasteiger partial charge on any atom is 0.243 e. The molecule has 0 unspecified atom stereocenters. The number of rotatable bonds is 5. The van der Waals surface area contributed by atoms with Gasteiger partial charge in [0.25, 0.3) is 0 Å². The SMILES string of the molecule is CC(C)(C)c1ccc(NC(=O)CNc2ccccc2N2CCCC2=O)cc1. The highest BCUT2D eigenvalue weighted by Crippen LogP contribution is 2.29. The Morgan fingerprint density at radius 2 is 1.78 bits per heavy atom. The molecule has 3 rings (SSSR count). The molecule has 1 saturated heterocycles. The van der Waals surface area contributed by atoms with Crippen LogP contribution < -0.4 is 15.5 Å². The van der Waals surface area contributed by atoms with Crippen LogP contribution in [0.1, 0.15) is 39.2 Å². The Labute approximate surface area is 160 Å². The van der Waals surface area contributed by atoms with Gasteiger partial charge in [0.15, 0.2) is 0 Å². The van der Waals surface area contributed by atoms with Gasteiger partial charge in [-0.3, -0.25) is 9.59 Å². The Kier molecular flexibility index (Phi) is 5.49. The first-order valence-electron chi connectivity index (χ1n) is 9.38. The molecule has 0 spiro atoms. The Morgan fingerprint density at radius 3 is 2.41 bits per heavy atom. The summed E-state index contributed by atoms with van der Waals surface area (Å²) >= 11 is 0. The first-order valence-corrected chi connectivity index (χ1v) is 9.38. The average molecular weight is 365 g/mol. The summed E-state index contributed by atoms with van der Waals surface area (Å²) in [6.07, 6.45) is 1.46. The van der Waals surface area contributed by atoms with Crippen LogP contribution in [0.15, 0.2) is 48.5 Å². The van der Waals surface area contributed by atoms with Gasteiger partial charge in [0.2, 0.25) is 11.8 Å². The number of benzene rings is 2. The number of hydrogen-bond donors (Lipinski definition) is 2. The summed E-state index contributed by atoms with van der Waals surface area (Å²) in [5.41, 5.74) is 3.72. The highest BCUT2D eigenvalue weighted by Gasteiger charge is 2.23. The zero-order valence-electron chi connectivity index (χ0n) is 16.2. The Morgan fingerprint density at radius 1 is 1.07 bits per heavy atom. The van der Waals surface area contributed by atoms with Crippen LogP contribution in [0.4, 0.5) is 17.1 Å².